The van der Waals surface area contributed by atoms with Crippen LogP contribution in [-0.2, 0) is 20.9 Å². The van der Waals surface area contributed by atoms with E-state index < -0.39 is 0 Å². The summed E-state index contributed by atoms with van der Waals surface area (Å²) >= 11 is 0. The molecule has 0 N–H and O–H groups in total. The average molecular weight is 331 g/mol. The molecule has 3 rings (SSSR count). The van der Waals surface area contributed by atoms with Gasteiger partial charge in [-0.25, -0.2) is 0 Å². The lowest BCUT2D eigenvalue weighted by atomic mass is 9.87. The number of carbonyl (C=O) groups is 2. The molecule has 6 nitrogen and oxygen atoms in total. The predicted octanol–water partition coefficient (Wildman–Crippen LogP) is 1.60. The summed E-state index contributed by atoms with van der Waals surface area (Å²) in [6.07, 6.45) is 7.78. The highest BCUT2D eigenvalue weighted by Crippen LogP contribution is 2.40. The Morgan fingerprint density at radius 1 is 1.33 bits per heavy atom. The predicted molar refractivity (Wildman–Crippen MR) is 89.1 cm³/mol. The molecule has 2 saturated heterocycles. The van der Waals surface area contributed by atoms with Crippen LogP contribution in [0.5, 0.6) is 0 Å². The third-order valence-electron chi connectivity index (χ3n) is 5.28. The first-order chi connectivity index (χ1) is 11.6. The van der Waals surface area contributed by atoms with Gasteiger partial charge in [0.15, 0.2) is 0 Å². The van der Waals surface area contributed by atoms with E-state index in [0.717, 1.165) is 37.8 Å². The average Bonchev–Trinajstić information content (AvgIpc) is 2.77. The number of nitrogens with zero attached hydrogens (tertiary/aromatic N) is 3. The van der Waals surface area contributed by atoms with Crippen molar-refractivity contribution in [2.24, 2.45) is 0 Å². The van der Waals surface area contributed by atoms with Gasteiger partial charge >= 0.3 is 0 Å². The van der Waals surface area contributed by atoms with E-state index in [0.29, 0.717) is 19.5 Å². The second-order valence-electron chi connectivity index (χ2n) is 6.73. The molecule has 2 fully saturated rings. The molecule has 0 aromatic carbocycles. The van der Waals surface area contributed by atoms with Gasteiger partial charge in [-0.1, -0.05) is 6.07 Å². The van der Waals surface area contributed by atoms with E-state index in [1.54, 1.807) is 13.3 Å². The molecular weight excluding hydrogens is 306 g/mol. The monoisotopic (exact) mass is 331 g/mol. The second kappa shape index (κ2) is 7.30. The van der Waals surface area contributed by atoms with Crippen molar-refractivity contribution in [2.45, 2.75) is 44.2 Å². The minimum absolute atomic E-state index is 0.0395. The van der Waals surface area contributed by atoms with Gasteiger partial charge in [0, 0.05) is 51.1 Å². The maximum Gasteiger partial charge on any atom is 0.248 e. The van der Waals surface area contributed by atoms with Crippen molar-refractivity contribution < 1.29 is 14.3 Å². The summed E-state index contributed by atoms with van der Waals surface area (Å²) in [5.74, 6) is 0.258. The number of likely N-dealkylation sites (tertiary alicyclic amines) is 2. The number of ether oxygens (including phenoxy) is 1. The minimum atomic E-state index is -0.116. The third-order valence-corrected chi connectivity index (χ3v) is 5.28. The Morgan fingerprint density at radius 2 is 2.21 bits per heavy atom. The Kier molecular flexibility index (Phi) is 5.14. The standard InChI is InChI=1S/C18H25N3O3/c1-24-14-17(23)20-10-3-6-18(8-11-20)7-5-16(22)21(18)13-15-4-2-9-19-12-15/h2,4,9,12H,3,5-8,10-11,13-14H2,1H3. The van der Waals surface area contributed by atoms with Crippen molar-refractivity contribution in [3.63, 3.8) is 0 Å². The number of amides is 2. The smallest absolute Gasteiger partial charge is 0.248 e. The summed E-state index contributed by atoms with van der Waals surface area (Å²) in [5, 5.41) is 0. The van der Waals surface area contributed by atoms with Crippen molar-refractivity contribution in [1.29, 1.82) is 0 Å². The third kappa shape index (κ3) is 3.43. The van der Waals surface area contributed by atoms with Gasteiger partial charge in [-0.15, -0.1) is 0 Å². The summed E-state index contributed by atoms with van der Waals surface area (Å²) in [6, 6.07) is 3.91. The highest BCUT2D eigenvalue weighted by Gasteiger charge is 2.45. The Morgan fingerprint density at radius 3 is 2.96 bits per heavy atom. The summed E-state index contributed by atoms with van der Waals surface area (Å²) in [5.41, 5.74) is 0.943. The van der Waals surface area contributed by atoms with E-state index in [1.165, 1.54) is 0 Å². The van der Waals surface area contributed by atoms with E-state index in [2.05, 4.69) is 4.98 Å². The molecule has 0 saturated carbocycles. The van der Waals surface area contributed by atoms with Crippen LogP contribution in [0.15, 0.2) is 24.5 Å². The van der Waals surface area contributed by atoms with Crippen LogP contribution in [0.4, 0.5) is 0 Å². The molecule has 1 atom stereocenters. The molecule has 24 heavy (non-hydrogen) atoms. The molecule has 1 aromatic rings. The Bertz CT molecular complexity index is 592. The largest absolute Gasteiger partial charge is 0.375 e. The lowest BCUT2D eigenvalue weighted by Crippen LogP contribution is -2.46. The first kappa shape index (κ1) is 16.9. The van der Waals surface area contributed by atoms with Crippen molar-refractivity contribution in [1.82, 2.24) is 14.8 Å². The SMILES string of the molecule is COCC(=O)N1CCCC2(CCC(=O)N2Cc2cccnc2)CC1. The molecule has 1 unspecified atom stereocenters. The van der Waals surface area contributed by atoms with Crippen LogP contribution in [0, 0.1) is 0 Å². The molecule has 130 valence electrons. The van der Waals surface area contributed by atoms with Gasteiger partial charge in [0.25, 0.3) is 0 Å². The van der Waals surface area contributed by atoms with Crippen LogP contribution in [0.3, 0.4) is 0 Å². The number of rotatable bonds is 4. The normalized spacial score (nSPS) is 24.5. The van der Waals surface area contributed by atoms with Crippen LogP contribution >= 0.6 is 0 Å². The van der Waals surface area contributed by atoms with E-state index in [9.17, 15) is 9.59 Å². The number of hydrogen-bond acceptors (Lipinski definition) is 4. The Balaban J connectivity index is 1.73. The Hall–Kier alpha value is -1.95. The zero-order chi connectivity index (χ0) is 17.0. The van der Waals surface area contributed by atoms with Gasteiger partial charge in [-0.2, -0.15) is 0 Å². The lowest BCUT2D eigenvalue weighted by Gasteiger charge is -2.38. The summed E-state index contributed by atoms with van der Waals surface area (Å²) in [4.78, 5) is 32.7. The number of aromatic nitrogens is 1. The fourth-order valence-electron chi connectivity index (χ4n) is 3.97. The van der Waals surface area contributed by atoms with E-state index in [-0.39, 0.29) is 24.0 Å². The van der Waals surface area contributed by atoms with Gasteiger partial charge in [0.05, 0.1) is 0 Å². The maximum absolute atomic E-state index is 12.5. The van der Waals surface area contributed by atoms with E-state index >= 15 is 0 Å². The first-order valence-corrected chi connectivity index (χ1v) is 8.61. The van der Waals surface area contributed by atoms with Gasteiger partial charge < -0.3 is 14.5 Å². The summed E-state index contributed by atoms with van der Waals surface area (Å²) in [7, 11) is 1.54. The highest BCUT2D eigenvalue weighted by atomic mass is 16.5. The fourth-order valence-corrected chi connectivity index (χ4v) is 3.97. The second-order valence-corrected chi connectivity index (χ2v) is 6.73. The van der Waals surface area contributed by atoms with Crippen molar-refractivity contribution in [2.75, 3.05) is 26.8 Å². The van der Waals surface area contributed by atoms with Gasteiger partial charge in [-0.3, -0.25) is 14.6 Å². The molecular formula is C18H25N3O3. The summed E-state index contributed by atoms with van der Waals surface area (Å²) in [6.45, 7) is 2.18. The molecule has 3 heterocycles. The molecule has 0 bridgehead atoms. The molecule has 2 aliphatic rings. The number of pyridine rings is 1. The van der Waals surface area contributed by atoms with Crippen LogP contribution in [-0.4, -0.2) is 58.9 Å². The zero-order valence-electron chi connectivity index (χ0n) is 14.2. The van der Waals surface area contributed by atoms with Crippen LogP contribution in [0.25, 0.3) is 0 Å². The quantitative estimate of drug-likeness (QED) is 0.841. The lowest BCUT2D eigenvalue weighted by molar-refractivity contribution is -0.135. The molecule has 2 aliphatic heterocycles. The molecule has 2 amide bonds. The van der Waals surface area contributed by atoms with Crippen LogP contribution in [0.1, 0.15) is 37.7 Å². The molecule has 6 heteroatoms. The van der Waals surface area contributed by atoms with Crippen LogP contribution < -0.4 is 0 Å². The van der Waals surface area contributed by atoms with Gasteiger partial charge in [-0.05, 0) is 37.3 Å². The number of hydrogen-bond donors (Lipinski definition) is 0. The zero-order valence-corrected chi connectivity index (χ0v) is 14.2. The molecule has 0 radical (unpaired) electrons. The fraction of sp³-hybridized carbons (Fsp3) is 0.611. The van der Waals surface area contributed by atoms with E-state index in [1.807, 2.05) is 28.1 Å². The first-order valence-electron chi connectivity index (χ1n) is 8.61. The molecule has 1 aromatic heterocycles. The maximum atomic E-state index is 12.5. The topological polar surface area (TPSA) is 62.7 Å². The van der Waals surface area contributed by atoms with Gasteiger partial charge in [0.2, 0.25) is 11.8 Å². The van der Waals surface area contributed by atoms with Crippen LogP contribution in [0.2, 0.25) is 0 Å². The Labute approximate surface area is 142 Å². The van der Waals surface area contributed by atoms with E-state index in [4.69, 9.17) is 4.74 Å². The summed E-state index contributed by atoms with van der Waals surface area (Å²) < 4.78 is 4.97. The highest BCUT2D eigenvalue weighted by molar-refractivity contribution is 5.80. The van der Waals surface area contributed by atoms with Crippen molar-refractivity contribution in [3.05, 3.63) is 30.1 Å². The van der Waals surface area contributed by atoms with Crippen molar-refractivity contribution in [3.8, 4) is 0 Å². The molecule has 0 aliphatic carbocycles. The number of carbonyl (C=O) groups excluding carboxylic acids is 2. The number of methoxy groups -OCH3 is 1. The van der Waals surface area contributed by atoms with Crippen molar-refractivity contribution >= 4 is 11.8 Å². The minimum Gasteiger partial charge on any atom is -0.375 e. The van der Waals surface area contributed by atoms with Gasteiger partial charge in [0.1, 0.15) is 6.61 Å². The molecule has 1 spiro atoms.